The largest absolute Gasteiger partial charge is 0.447 e. The third-order valence-electron chi connectivity index (χ3n) is 5.08. The summed E-state index contributed by atoms with van der Waals surface area (Å²) in [4.78, 5) is 25.9. The Bertz CT molecular complexity index is 763. The third kappa shape index (κ3) is 6.71. The van der Waals surface area contributed by atoms with Crippen LogP contribution in [0.3, 0.4) is 0 Å². The molecular formula is C24H29NO4. The van der Waals surface area contributed by atoms with E-state index < -0.39 is 6.09 Å². The lowest BCUT2D eigenvalue weighted by atomic mass is 10.1. The number of unbranched alkanes of at least 4 members (excludes halogenated alkanes) is 3. The lowest BCUT2D eigenvalue weighted by Crippen LogP contribution is -2.40. The first kappa shape index (κ1) is 21.1. The summed E-state index contributed by atoms with van der Waals surface area (Å²) in [6, 6.07) is 19.8. The van der Waals surface area contributed by atoms with E-state index in [1.807, 2.05) is 48.5 Å². The van der Waals surface area contributed by atoms with Crippen LogP contribution >= 0.6 is 0 Å². The topological polar surface area (TPSA) is 55.8 Å². The fraction of sp³-hybridized carbons (Fsp3) is 0.417. The van der Waals surface area contributed by atoms with Crippen LogP contribution in [0.5, 0.6) is 0 Å². The van der Waals surface area contributed by atoms with Gasteiger partial charge in [-0.25, -0.2) is 9.69 Å². The summed E-state index contributed by atoms with van der Waals surface area (Å²) in [6.07, 6.45) is 4.22. The fourth-order valence-electron chi connectivity index (χ4n) is 3.52. The summed E-state index contributed by atoms with van der Waals surface area (Å²) < 4.78 is 10.8. The van der Waals surface area contributed by atoms with Crippen molar-refractivity contribution in [2.24, 2.45) is 0 Å². The third-order valence-corrected chi connectivity index (χ3v) is 5.08. The van der Waals surface area contributed by atoms with Crippen LogP contribution in [-0.2, 0) is 27.3 Å². The highest BCUT2D eigenvalue weighted by Crippen LogP contribution is 2.19. The first-order valence-electron chi connectivity index (χ1n) is 10.4. The molecule has 3 rings (SSSR count). The Morgan fingerprint density at radius 1 is 0.931 bits per heavy atom. The molecule has 29 heavy (non-hydrogen) atoms. The first-order chi connectivity index (χ1) is 14.2. The van der Waals surface area contributed by atoms with Gasteiger partial charge in [-0.2, -0.15) is 0 Å². The zero-order valence-corrected chi connectivity index (χ0v) is 16.8. The van der Waals surface area contributed by atoms with Crippen molar-refractivity contribution in [2.45, 2.75) is 51.2 Å². The van der Waals surface area contributed by atoms with Gasteiger partial charge >= 0.3 is 6.09 Å². The second-order valence-electron chi connectivity index (χ2n) is 7.39. The van der Waals surface area contributed by atoms with Crippen molar-refractivity contribution in [1.29, 1.82) is 0 Å². The molecule has 5 nitrogen and oxygen atoms in total. The number of cyclic esters (lactones) is 1. The van der Waals surface area contributed by atoms with E-state index in [0.717, 1.165) is 37.9 Å². The van der Waals surface area contributed by atoms with E-state index >= 15 is 0 Å². The molecule has 1 atom stereocenters. The predicted molar refractivity (Wildman–Crippen MR) is 111 cm³/mol. The van der Waals surface area contributed by atoms with Gasteiger partial charge < -0.3 is 9.47 Å². The molecule has 0 spiro atoms. The molecule has 2 aromatic rings. The minimum absolute atomic E-state index is 0.131. The van der Waals surface area contributed by atoms with Crippen molar-refractivity contribution in [1.82, 2.24) is 4.90 Å². The van der Waals surface area contributed by atoms with E-state index in [0.29, 0.717) is 19.4 Å². The van der Waals surface area contributed by atoms with Crippen molar-refractivity contribution in [3.8, 4) is 0 Å². The van der Waals surface area contributed by atoms with E-state index in [2.05, 4.69) is 12.1 Å². The minimum Gasteiger partial charge on any atom is -0.447 e. The van der Waals surface area contributed by atoms with E-state index in [1.165, 1.54) is 10.5 Å². The van der Waals surface area contributed by atoms with Crippen molar-refractivity contribution in [3.05, 3.63) is 71.8 Å². The lowest BCUT2D eigenvalue weighted by molar-refractivity contribution is -0.129. The molecule has 1 heterocycles. The summed E-state index contributed by atoms with van der Waals surface area (Å²) in [7, 11) is 0. The number of hydrogen-bond donors (Lipinski definition) is 0. The highest BCUT2D eigenvalue weighted by atomic mass is 16.6. The van der Waals surface area contributed by atoms with Crippen LogP contribution in [0.1, 0.15) is 43.2 Å². The van der Waals surface area contributed by atoms with Crippen LogP contribution in [0.15, 0.2) is 60.7 Å². The Morgan fingerprint density at radius 3 is 2.31 bits per heavy atom. The van der Waals surface area contributed by atoms with Crippen LogP contribution in [0.4, 0.5) is 4.79 Å². The lowest BCUT2D eigenvalue weighted by Gasteiger charge is -2.19. The Balaban J connectivity index is 1.30. The SMILES string of the molecule is O=C(CCCCCCOCc1ccccc1)N1C(=O)OC[C@@H]1Cc1ccccc1. The Kier molecular flexibility index (Phi) is 8.25. The minimum atomic E-state index is -0.509. The number of rotatable bonds is 11. The van der Waals surface area contributed by atoms with E-state index in [4.69, 9.17) is 9.47 Å². The number of benzene rings is 2. The molecule has 1 aliphatic rings. The summed E-state index contributed by atoms with van der Waals surface area (Å²) in [5.74, 6) is -0.131. The monoisotopic (exact) mass is 395 g/mol. The average Bonchev–Trinajstić information content (AvgIpc) is 3.11. The molecule has 1 saturated heterocycles. The molecule has 5 heteroatoms. The summed E-state index contributed by atoms with van der Waals surface area (Å²) >= 11 is 0. The first-order valence-corrected chi connectivity index (χ1v) is 10.4. The van der Waals surface area contributed by atoms with Gasteiger partial charge in [0.25, 0.3) is 0 Å². The van der Waals surface area contributed by atoms with Gasteiger partial charge in [0.05, 0.1) is 12.6 Å². The molecule has 0 aromatic heterocycles. The molecule has 2 amide bonds. The van der Waals surface area contributed by atoms with E-state index in [1.54, 1.807) is 0 Å². The number of hydrogen-bond acceptors (Lipinski definition) is 4. The van der Waals surface area contributed by atoms with Crippen molar-refractivity contribution < 1.29 is 19.1 Å². The quantitative estimate of drug-likeness (QED) is 0.516. The van der Waals surface area contributed by atoms with E-state index in [-0.39, 0.29) is 18.6 Å². The fourth-order valence-corrected chi connectivity index (χ4v) is 3.52. The number of carbonyl (C=O) groups is 2. The van der Waals surface area contributed by atoms with Gasteiger partial charge in [0, 0.05) is 13.0 Å². The molecule has 0 radical (unpaired) electrons. The second kappa shape index (κ2) is 11.4. The smallest absolute Gasteiger partial charge is 0.416 e. The molecule has 0 N–H and O–H groups in total. The van der Waals surface area contributed by atoms with Gasteiger partial charge in [-0.3, -0.25) is 4.79 Å². The van der Waals surface area contributed by atoms with Crippen LogP contribution < -0.4 is 0 Å². The van der Waals surface area contributed by atoms with Crippen LogP contribution in [0, 0.1) is 0 Å². The maximum atomic E-state index is 12.5. The Labute approximate surface area is 172 Å². The molecule has 2 aromatic carbocycles. The normalized spacial score (nSPS) is 16.1. The number of carbonyl (C=O) groups excluding carboxylic acids is 2. The van der Waals surface area contributed by atoms with Crippen LogP contribution in [0.2, 0.25) is 0 Å². The van der Waals surface area contributed by atoms with Crippen LogP contribution in [-0.4, -0.2) is 36.2 Å². The molecule has 1 fully saturated rings. The average molecular weight is 395 g/mol. The molecular weight excluding hydrogens is 366 g/mol. The van der Waals surface area contributed by atoms with E-state index in [9.17, 15) is 9.59 Å². The maximum Gasteiger partial charge on any atom is 0.416 e. The van der Waals surface area contributed by atoms with Crippen LogP contribution in [0.25, 0.3) is 0 Å². The second-order valence-corrected chi connectivity index (χ2v) is 7.39. The summed E-state index contributed by atoms with van der Waals surface area (Å²) in [5.41, 5.74) is 2.28. The maximum absolute atomic E-state index is 12.5. The van der Waals surface area contributed by atoms with Gasteiger partial charge in [-0.15, -0.1) is 0 Å². The molecule has 1 aliphatic heterocycles. The molecule has 0 bridgehead atoms. The number of ether oxygens (including phenoxy) is 2. The zero-order valence-electron chi connectivity index (χ0n) is 16.8. The van der Waals surface area contributed by atoms with Gasteiger partial charge in [0.1, 0.15) is 6.61 Å². The van der Waals surface area contributed by atoms with Gasteiger partial charge in [0.2, 0.25) is 5.91 Å². The zero-order chi connectivity index (χ0) is 20.3. The predicted octanol–water partition coefficient (Wildman–Crippen LogP) is 4.74. The molecule has 0 aliphatic carbocycles. The molecule has 0 saturated carbocycles. The standard InChI is InChI=1S/C24H29NO4/c26-23(15-9-1-2-10-16-28-18-21-13-7-4-8-14-21)25-22(19-29-24(25)27)17-20-11-5-3-6-12-20/h3-8,11-14,22H,1-2,9-10,15-19H2/t22-/m0/s1. The van der Waals surface area contributed by atoms with Crippen molar-refractivity contribution in [2.75, 3.05) is 13.2 Å². The number of imide groups is 1. The van der Waals surface area contributed by atoms with Gasteiger partial charge in [-0.05, 0) is 30.4 Å². The Morgan fingerprint density at radius 2 is 1.59 bits per heavy atom. The highest BCUT2D eigenvalue weighted by Gasteiger charge is 2.37. The Hall–Kier alpha value is -2.66. The van der Waals surface area contributed by atoms with Gasteiger partial charge in [0.15, 0.2) is 0 Å². The highest BCUT2D eigenvalue weighted by molar-refractivity contribution is 5.93. The van der Waals surface area contributed by atoms with Crippen molar-refractivity contribution >= 4 is 12.0 Å². The van der Waals surface area contributed by atoms with Gasteiger partial charge in [-0.1, -0.05) is 73.5 Å². The summed E-state index contributed by atoms with van der Waals surface area (Å²) in [5, 5.41) is 0. The summed E-state index contributed by atoms with van der Waals surface area (Å²) in [6.45, 7) is 1.64. The molecule has 154 valence electrons. The number of nitrogens with zero attached hydrogens (tertiary/aromatic N) is 1. The number of amides is 2. The van der Waals surface area contributed by atoms with Crippen molar-refractivity contribution in [3.63, 3.8) is 0 Å². The molecule has 0 unspecified atom stereocenters.